The number of rotatable bonds is 3. The van der Waals surface area contributed by atoms with Crippen molar-refractivity contribution in [3.05, 3.63) is 27.8 Å². The number of carbonyl (C=O) groups is 1. The smallest absolute Gasteiger partial charge is 0.345 e. The molecule has 1 aromatic rings. The van der Waals surface area contributed by atoms with E-state index < -0.39 is 10.9 Å². The summed E-state index contributed by atoms with van der Waals surface area (Å²) < 4.78 is 14.8. The van der Waals surface area contributed by atoms with Crippen LogP contribution in [-0.2, 0) is 4.74 Å². The molecule has 0 fully saturated rings. The number of esters is 1. The van der Waals surface area contributed by atoms with E-state index in [2.05, 4.69) is 0 Å². The van der Waals surface area contributed by atoms with Crippen LogP contribution in [0.4, 0.5) is 5.69 Å². The van der Waals surface area contributed by atoms with Gasteiger partial charge in [-0.1, -0.05) is 0 Å². The first-order valence-electron chi connectivity index (χ1n) is 4.88. The highest BCUT2D eigenvalue weighted by molar-refractivity contribution is 5.95. The van der Waals surface area contributed by atoms with E-state index in [0.29, 0.717) is 5.75 Å². The Morgan fingerprint density at radius 2 is 2.12 bits per heavy atom. The van der Waals surface area contributed by atoms with Crippen LogP contribution in [0.25, 0.3) is 0 Å². The fraction of sp³-hybridized carbons (Fsp3) is 0.300. The van der Waals surface area contributed by atoms with E-state index in [-0.39, 0.29) is 30.4 Å². The van der Waals surface area contributed by atoms with E-state index in [0.717, 1.165) is 6.07 Å². The number of fused-ring (bicyclic) bond motifs is 1. The van der Waals surface area contributed by atoms with Gasteiger partial charge in [0, 0.05) is 6.07 Å². The molecule has 1 heterocycles. The van der Waals surface area contributed by atoms with Gasteiger partial charge in [-0.3, -0.25) is 10.1 Å². The van der Waals surface area contributed by atoms with Gasteiger partial charge in [0.2, 0.25) is 6.79 Å². The number of benzene rings is 1. The van der Waals surface area contributed by atoms with E-state index in [1.54, 1.807) is 6.92 Å². The summed E-state index contributed by atoms with van der Waals surface area (Å²) in [7, 11) is 0. The summed E-state index contributed by atoms with van der Waals surface area (Å²) in [5, 5.41) is 10.8. The van der Waals surface area contributed by atoms with Crippen LogP contribution in [-0.4, -0.2) is 24.3 Å². The van der Waals surface area contributed by atoms with Crippen LogP contribution in [0, 0.1) is 10.1 Å². The SMILES string of the molecule is CCOC(=O)c1cc2c(cc1[N+](=O)[O-])OCO2. The summed E-state index contributed by atoms with van der Waals surface area (Å²) in [5.74, 6) is -0.194. The fourth-order valence-corrected chi connectivity index (χ4v) is 1.45. The third-order valence-corrected chi connectivity index (χ3v) is 2.18. The van der Waals surface area contributed by atoms with Gasteiger partial charge in [-0.25, -0.2) is 4.79 Å². The van der Waals surface area contributed by atoms with Crippen molar-refractivity contribution >= 4 is 11.7 Å². The van der Waals surface area contributed by atoms with E-state index in [4.69, 9.17) is 14.2 Å². The van der Waals surface area contributed by atoms with Crippen LogP contribution in [0.2, 0.25) is 0 Å². The van der Waals surface area contributed by atoms with Crippen LogP contribution in [0.1, 0.15) is 17.3 Å². The van der Waals surface area contributed by atoms with Gasteiger partial charge < -0.3 is 14.2 Å². The maximum absolute atomic E-state index is 11.5. The molecule has 0 amide bonds. The van der Waals surface area contributed by atoms with Gasteiger partial charge in [0.15, 0.2) is 11.5 Å². The highest BCUT2D eigenvalue weighted by Crippen LogP contribution is 2.38. The molecule has 7 heteroatoms. The number of ether oxygens (including phenoxy) is 3. The average Bonchev–Trinajstić information content (AvgIpc) is 2.74. The van der Waals surface area contributed by atoms with Gasteiger partial charge in [-0.15, -0.1) is 0 Å². The molecule has 17 heavy (non-hydrogen) atoms. The largest absolute Gasteiger partial charge is 0.462 e. The van der Waals surface area contributed by atoms with Crippen LogP contribution >= 0.6 is 0 Å². The van der Waals surface area contributed by atoms with Gasteiger partial charge in [-0.2, -0.15) is 0 Å². The number of carbonyl (C=O) groups excluding carboxylic acids is 1. The zero-order chi connectivity index (χ0) is 12.4. The third kappa shape index (κ3) is 1.99. The lowest BCUT2D eigenvalue weighted by atomic mass is 10.1. The standard InChI is InChI=1S/C10H9NO6/c1-2-15-10(12)6-3-8-9(17-5-16-8)4-7(6)11(13)14/h3-4H,2,5H2,1H3. The molecule has 0 spiro atoms. The monoisotopic (exact) mass is 239 g/mol. The van der Waals surface area contributed by atoms with Crippen LogP contribution in [0.3, 0.4) is 0 Å². The van der Waals surface area contributed by atoms with Crippen molar-refractivity contribution in [3.63, 3.8) is 0 Å². The van der Waals surface area contributed by atoms with Crippen molar-refractivity contribution in [2.75, 3.05) is 13.4 Å². The molecule has 0 aromatic heterocycles. The Hall–Kier alpha value is -2.31. The Morgan fingerprint density at radius 3 is 2.71 bits per heavy atom. The molecule has 0 N–H and O–H groups in total. The third-order valence-electron chi connectivity index (χ3n) is 2.18. The normalized spacial score (nSPS) is 12.3. The summed E-state index contributed by atoms with van der Waals surface area (Å²) in [6, 6.07) is 2.42. The van der Waals surface area contributed by atoms with Crippen molar-refractivity contribution in [1.29, 1.82) is 0 Å². The highest BCUT2D eigenvalue weighted by atomic mass is 16.7. The van der Waals surface area contributed by atoms with Crippen molar-refractivity contribution in [2.24, 2.45) is 0 Å². The van der Waals surface area contributed by atoms with Gasteiger partial charge in [0.05, 0.1) is 17.6 Å². The Kier molecular flexibility index (Phi) is 2.82. The molecule has 2 rings (SSSR count). The second-order valence-electron chi connectivity index (χ2n) is 3.20. The Bertz CT molecular complexity index is 484. The predicted molar refractivity (Wildman–Crippen MR) is 55.2 cm³/mol. The molecule has 7 nitrogen and oxygen atoms in total. The van der Waals surface area contributed by atoms with Crippen molar-refractivity contribution in [2.45, 2.75) is 6.92 Å². The lowest BCUT2D eigenvalue weighted by molar-refractivity contribution is -0.385. The summed E-state index contributed by atoms with van der Waals surface area (Å²) in [6.45, 7) is 1.75. The van der Waals surface area contributed by atoms with E-state index in [9.17, 15) is 14.9 Å². The number of hydrogen-bond acceptors (Lipinski definition) is 6. The molecule has 0 bridgehead atoms. The zero-order valence-corrected chi connectivity index (χ0v) is 8.97. The molecule has 0 saturated heterocycles. The molecule has 0 radical (unpaired) electrons. The number of hydrogen-bond donors (Lipinski definition) is 0. The summed E-state index contributed by atoms with van der Waals surface area (Å²) in [6.07, 6.45) is 0. The molecule has 1 aliphatic rings. The minimum atomic E-state index is -0.752. The molecule has 0 aliphatic carbocycles. The second kappa shape index (κ2) is 4.28. The first kappa shape index (κ1) is 11.2. The highest BCUT2D eigenvalue weighted by Gasteiger charge is 2.27. The molecule has 0 unspecified atom stereocenters. The molecular weight excluding hydrogens is 230 g/mol. The van der Waals surface area contributed by atoms with Crippen molar-refractivity contribution in [3.8, 4) is 11.5 Å². The minimum absolute atomic E-state index is 0.0151. The summed E-state index contributed by atoms with van der Waals surface area (Å²) >= 11 is 0. The second-order valence-corrected chi connectivity index (χ2v) is 3.20. The van der Waals surface area contributed by atoms with Gasteiger partial charge in [0.1, 0.15) is 5.56 Å². The molecule has 1 aliphatic heterocycles. The molecule has 1 aromatic carbocycles. The molecule has 90 valence electrons. The Morgan fingerprint density at radius 1 is 1.47 bits per heavy atom. The predicted octanol–water partition coefficient (Wildman–Crippen LogP) is 1.50. The lowest BCUT2D eigenvalue weighted by Gasteiger charge is -2.04. The topological polar surface area (TPSA) is 87.9 Å². The lowest BCUT2D eigenvalue weighted by Crippen LogP contribution is -2.08. The first-order chi connectivity index (χ1) is 8.13. The van der Waals surface area contributed by atoms with E-state index in [1.807, 2.05) is 0 Å². The van der Waals surface area contributed by atoms with Gasteiger partial charge in [0.25, 0.3) is 5.69 Å². The molecular formula is C10H9NO6. The van der Waals surface area contributed by atoms with Crippen molar-refractivity contribution in [1.82, 2.24) is 0 Å². The first-order valence-corrected chi connectivity index (χ1v) is 4.88. The van der Waals surface area contributed by atoms with Crippen LogP contribution in [0.15, 0.2) is 12.1 Å². The number of nitro benzene ring substituents is 1. The quantitative estimate of drug-likeness (QED) is 0.451. The Labute approximate surface area is 96.0 Å². The Balaban J connectivity index is 2.48. The number of nitro groups is 1. The van der Waals surface area contributed by atoms with Gasteiger partial charge >= 0.3 is 5.97 Å². The maximum atomic E-state index is 11.5. The van der Waals surface area contributed by atoms with Gasteiger partial charge in [-0.05, 0) is 6.92 Å². The number of nitrogens with zero attached hydrogens (tertiary/aromatic N) is 1. The zero-order valence-electron chi connectivity index (χ0n) is 8.97. The fourth-order valence-electron chi connectivity index (χ4n) is 1.45. The van der Waals surface area contributed by atoms with Crippen LogP contribution in [0.5, 0.6) is 11.5 Å². The summed E-state index contributed by atoms with van der Waals surface area (Å²) in [4.78, 5) is 21.7. The maximum Gasteiger partial charge on any atom is 0.345 e. The van der Waals surface area contributed by atoms with E-state index >= 15 is 0 Å². The minimum Gasteiger partial charge on any atom is -0.462 e. The van der Waals surface area contributed by atoms with Crippen LogP contribution < -0.4 is 9.47 Å². The summed E-state index contributed by atoms with van der Waals surface area (Å²) in [5.41, 5.74) is -0.492. The molecule has 0 saturated carbocycles. The molecule has 0 atom stereocenters. The van der Waals surface area contributed by atoms with Crippen molar-refractivity contribution < 1.29 is 23.9 Å². The van der Waals surface area contributed by atoms with E-state index in [1.165, 1.54) is 6.07 Å². The average molecular weight is 239 g/mol.